The lowest BCUT2D eigenvalue weighted by molar-refractivity contribution is -0.159. The number of amides is 1. The highest BCUT2D eigenvalue weighted by Gasteiger charge is 2.52. The van der Waals surface area contributed by atoms with Gasteiger partial charge in [-0.1, -0.05) is 6.92 Å². The molecule has 0 spiro atoms. The average Bonchev–Trinajstić information content (AvgIpc) is 2.43. The van der Waals surface area contributed by atoms with Gasteiger partial charge in [0.2, 0.25) is 0 Å². The molecule has 4 atom stereocenters. The lowest BCUT2D eigenvalue weighted by Crippen LogP contribution is -2.63. The van der Waals surface area contributed by atoms with Crippen LogP contribution in [0.1, 0.15) is 53.9 Å². The van der Waals surface area contributed by atoms with Crippen LogP contribution in [0, 0.1) is 11.8 Å². The van der Waals surface area contributed by atoms with E-state index in [4.69, 9.17) is 9.47 Å². The van der Waals surface area contributed by atoms with E-state index in [1.54, 1.807) is 32.6 Å². The van der Waals surface area contributed by atoms with Gasteiger partial charge in [-0.3, -0.25) is 14.5 Å². The monoisotopic (exact) mass is 325 g/mol. The van der Waals surface area contributed by atoms with Crippen molar-refractivity contribution in [2.75, 3.05) is 6.61 Å². The Labute approximate surface area is 137 Å². The predicted molar refractivity (Wildman–Crippen MR) is 83.8 cm³/mol. The van der Waals surface area contributed by atoms with E-state index in [0.29, 0.717) is 12.8 Å². The third-order valence-electron chi connectivity index (χ3n) is 4.57. The number of ketones is 1. The lowest BCUT2D eigenvalue weighted by atomic mass is 9.73. The fourth-order valence-electron chi connectivity index (χ4n) is 3.51. The van der Waals surface area contributed by atoms with Gasteiger partial charge in [0.05, 0.1) is 12.6 Å². The number of piperidine rings is 2. The van der Waals surface area contributed by atoms with Crippen LogP contribution in [0.3, 0.4) is 0 Å². The van der Waals surface area contributed by atoms with Gasteiger partial charge in [-0.15, -0.1) is 0 Å². The van der Waals surface area contributed by atoms with Crippen molar-refractivity contribution < 1.29 is 23.9 Å². The number of carbonyl (C=O) groups is 3. The van der Waals surface area contributed by atoms with Gasteiger partial charge in [0.15, 0.2) is 5.78 Å². The summed E-state index contributed by atoms with van der Waals surface area (Å²) in [5.41, 5.74) is -0.615. The quantitative estimate of drug-likeness (QED) is 0.576. The summed E-state index contributed by atoms with van der Waals surface area (Å²) >= 11 is 0. The van der Waals surface area contributed by atoms with E-state index in [1.165, 1.54) is 0 Å². The first-order valence-corrected chi connectivity index (χ1v) is 8.37. The zero-order valence-electron chi connectivity index (χ0n) is 14.6. The van der Waals surface area contributed by atoms with Crippen LogP contribution in [-0.4, -0.2) is 47.0 Å². The lowest BCUT2D eigenvalue weighted by Gasteiger charge is -2.49. The van der Waals surface area contributed by atoms with Gasteiger partial charge in [0.25, 0.3) is 0 Å². The van der Waals surface area contributed by atoms with Gasteiger partial charge < -0.3 is 9.47 Å². The summed E-state index contributed by atoms with van der Waals surface area (Å²) in [6, 6.07) is -0.732. The van der Waals surface area contributed by atoms with Crippen LogP contribution in [0.2, 0.25) is 0 Å². The summed E-state index contributed by atoms with van der Waals surface area (Å²) in [5, 5.41) is 0. The molecule has 2 fully saturated rings. The normalized spacial score (nSPS) is 30.8. The number of esters is 1. The molecular weight excluding hydrogens is 298 g/mol. The first-order valence-electron chi connectivity index (χ1n) is 8.37. The van der Waals surface area contributed by atoms with Crippen molar-refractivity contribution in [3.8, 4) is 0 Å². The molecule has 0 N–H and O–H groups in total. The van der Waals surface area contributed by atoms with Crippen LogP contribution in [0.15, 0.2) is 0 Å². The van der Waals surface area contributed by atoms with E-state index in [1.807, 2.05) is 0 Å². The Hall–Kier alpha value is -1.59. The van der Waals surface area contributed by atoms with Crippen LogP contribution in [0.4, 0.5) is 4.79 Å². The molecule has 2 heterocycles. The first kappa shape index (κ1) is 17.8. The van der Waals surface area contributed by atoms with Crippen LogP contribution in [-0.2, 0) is 19.1 Å². The molecular formula is C17H27NO5. The molecule has 2 bridgehead atoms. The van der Waals surface area contributed by atoms with E-state index >= 15 is 0 Å². The highest BCUT2D eigenvalue weighted by atomic mass is 16.6. The standard InChI is InChI=1S/C17H27NO5/c1-6-22-15(20)11-9-13-10(2)7-8-12(14(11)19)18(13)16(21)23-17(3,4)5/h10-13H,6-9H2,1-5H3/t10?,11?,12-,13-/m0/s1. The maximum absolute atomic E-state index is 12.7. The minimum atomic E-state index is -0.758. The van der Waals surface area contributed by atoms with E-state index < -0.39 is 29.6 Å². The summed E-state index contributed by atoms with van der Waals surface area (Å²) in [6.45, 7) is 9.44. The summed E-state index contributed by atoms with van der Waals surface area (Å²) in [5.74, 6) is -1.21. The van der Waals surface area contributed by atoms with E-state index in [-0.39, 0.29) is 24.3 Å². The van der Waals surface area contributed by atoms with Gasteiger partial charge in [0.1, 0.15) is 11.5 Å². The Bertz CT molecular complexity index is 496. The fourth-order valence-corrected chi connectivity index (χ4v) is 3.51. The zero-order valence-corrected chi connectivity index (χ0v) is 14.6. The maximum Gasteiger partial charge on any atom is 0.411 e. The highest BCUT2D eigenvalue weighted by Crippen LogP contribution is 2.39. The van der Waals surface area contributed by atoms with E-state index in [2.05, 4.69) is 6.92 Å². The van der Waals surface area contributed by atoms with Crippen molar-refractivity contribution in [3.63, 3.8) is 0 Å². The second kappa shape index (κ2) is 6.49. The largest absolute Gasteiger partial charge is 0.465 e. The number of ether oxygens (including phenoxy) is 2. The topological polar surface area (TPSA) is 72.9 Å². The van der Waals surface area contributed by atoms with Crippen LogP contribution in [0.5, 0.6) is 0 Å². The maximum atomic E-state index is 12.7. The van der Waals surface area contributed by atoms with Crippen molar-refractivity contribution in [3.05, 3.63) is 0 Å². The molecule has 0 saturated carbocycles. The Morgan fingerprint density at radius 1 is 1.26 bits per heavy atom. The van der Waals surface area contributed by atoms with Gasteiger partial charge in [0, 0.05) is 6.04 Å². The van der Waals surface area contributed by atoms with Gasteiger partial charge in [-0.25, -0.2) is 4.79 Å². The van der Waals surface area contributed by atoms with Gasteiger partial charge in [-0.2, -0.15) is 0 Å². The minimum absolute atomic E-state index is 0.157. The van der Waals surface area contributed by atoms with Crippen molar-refractivity contribution in [2.24, 2.45) is 11.8 Å². The molecule has 2 saturated heterocycles. The molecule has 130 valence electrons. The molecule has 0 aromatic carbocycles. The molecule has 1 amide bonds. The molecule has 2 aliphatic rings. The molecule has 23 heavy (non-hydrogen) atoms. The molecule has 2 aliphatic heterocycles. The van der Waals surface area contributed by atoms with Gasteiger partial charge in [-0.05, 0) is 52.9 Å². The van der Waals surface area contributed by atoms with Gasteiger partial charge >= 0.3 is 12.1 Å². The number of carbonyl (C=O) groups excluding carboxylic acids is 3. The second-order valence-electron chi connectivity index (χ2n) is 7.47. The number of hydrogen-bond acceptors (Lipinski definition) is 5. The number of rotatable bonds is 2. The Morgan fingerprint density at radius 3 is 2.48 bits per heavy atom. The predicted octanol–water partition coefficient (Wildman–Crippen LogP) is 2.54. The van der Waals surface area contributed by atoms with Crippen molar-refractivity contribution in [1.29, 1.82) is 0 Å². The molecule has 2 unspecified atom stereocenters. The number of fused-ring (bicyclic) bond motifs is 2. The second-order valence-corrected chi connectivity index (χ2v) is 7.47. The van der Waals surface area contributed by atoms with Crippen LogP contribution >= 0.6 is 0 Å². The summed E-state index contributed by atoms with van der Waals surface area (Å²) < 4.78 is 10.5. The summed E-state index contributed by atoms with van der Waals surface area (Å²) in [4.78, 5) is 38.9. The number of nitrogens with zero attached hydrogens (tertiary/aromatic N) is 1. The van der Waals surface area contributed by atoms with Crippen molar-refractivity contribution >= 4 is 17.8 Å². The molecule has 2 rings (SSSR count). The van der Waals surface area contributed by atoms with Crippen molar-refractivity contribution in [2.45, 2.75) is 71.6 Å². The van der Waals surface area contributed by atoms with Crippen molar-refractivity contribution in [1.82, 2.24) is 4.90 Å². The Balaban J connectivity index is 2.24. The summed E-state index contributed by atoms with van der Waals surface area (Å²) in [7, 11) is 0. The third kappa shape index (κ3) is 3.67. The Kier molecular flexibility index (Phi) is 5.01. The van der Waals surface area contributed by atoms with E-state index in [9.17, 15) is 14.4 Å². The summed E-state index contributed by atoms with van der Waals surface area (Å²) in [6.07, 6.45) is 1.31. The number of Topliss-reactive ketones (excluding diaryl/α,β-unsaturated/α-hetero) is 1. The highest BCUT2D eigenvalue weighted by molar-refractivity contribution is 6.03. The van der Waals surface area contributed by atoms with E-state index in [0.717, 1.165) is 6.42 Å². The minimum Gasteiger partial charge on any atom is -0.465 e. The smallest absolute Gasteiger partial charge is 0.411 e. The number of hydrogen-bond donors (Lipinski definition) is 0. The SMILES string of the molecule is CCOC(=O)C1C[C@H]2C(C)CC[C@@H](C1=O)N2C(=O)OC(C)(C)C. The molecule has 6 nitrogen and oxygen atoms in total. The molecule has 0 aromatic heterocycles. The first-order chi connectivity index (χ1) is 10.7. The fraction of sp³-hybridized carbons (Fsp3) is 0.824. The molecule has 0 aromatic rings. The zero-order chi connectivity index (χ0) is 17.4. The molecule has 0 radical (unpaired) electrons. The Morgan fingerprint density at radius 2 is 1.91 bits per heavy atom. The molecule has 6 heteroatoms. The van der Waals surface area contributed by atoms with Crippen LogP contribution in [0.25, 0.3) is 0 Å². The van der Waals surface area contributed by atoms with Crippen LogP contribution < -0.4 is 0 Å². The third-order valence-corrected chi connectivity index (χ3v) is 4.57. The average molecular weight is 325 g/mol. The molecule has 0 aliphatic carbocycles.